The molecule has 0 saturated carbocycles. The molecule has 0 unspecified atom stereocenters. The van der Waals surface area contributed by atoms with Crippen LogP contribution in [0.25, 0.3) is 0 Å². The maximum atomic E-state index is 12.3. The molecule has 3 N–H and O–H groups in total. The maximum Gasteiger partial charge on any atom is 0.251 e. The predicted molar refractivity (Wildman–Crippen MR) is 85.9 cm³/mol. The summed E-state index contributed by atoms with van der Waals surface area (Å²) in [5.74, 6) is 1.01. The van der Waals surface area contributed by atoms with Crippen molar-refractivity contribution in [2.24, 2.45) is 0 Å². The molecule has 2 aromatic rings. The van der Waals surface area contributed by atoms with E-state index in [0.29, 0.717) is 24.5 Å². The fourth-order valence-electron chi connectivity index (χ4n) is 3.04. The van der Waals surface area contributed by atoms with Crippen LogP contribution in [0.15, 0.2) is 34.9 Å². The summed E-state index contributed by atoms with van der Waals surface area (Å²) in [6.45, 7) is 1.55. The van der Waals surface area contributed by atoms with E-state index in [9.17, 15) is 4.79 Å². The number of nitrogens with zero attached hydrogens (tertiary/aromatic N) is 2. The summed E-state index contributed by atoms with van der Waals surface area (Å²) in [5.41, 5.74) is 7.79. The Balaban J connectivity index is 1.48. The predicted octanol–water partition coefficient (Wildman–Crippen LogP) is 2.30. The second kappa shape index (κ2) is 6.73. The number of hydrogen-bond donors (Lipinski definition) is 2. The number of aromatic hydroxyl groups is 1. The molecule has 1 aromatic heterocycles. The molecule has 0 aliphatic carbocycles. The molecule has 1 aliphatic rings. The van der Waals surface area contributed by atoms with Gasteiger partial charge >= 0.3 is 0 Å². The van der Waals surface area contributed by atoms with Crippen LogP contribution in [0.2, 0.25) is 0 Å². The number of nitrogens with two attached hydrogens (primary N) is 1. The lowest BCUT2D eigenvalue weighted by Gasteiger charge is -2.32. The van der Waals surface area contributed by atoms with Crippen molar-refractivity contribution in [2.45, 2.75) is 31.6 Å². The van der Waals surface area contributed by atoms with E-state index in [-0.39, 0.29) is 11.8 Å². The van der Waals surface area contributed by atoms with Crippen molar-refractivity contribution < 1.29 is 14.4 Å². The first-order valence-corrected chi connectivity index (χ1v) is 7.89. The number of benzene rings is 1. The summed E-state index contributed by atoms with van der Waals surface area (Å²) < 4.78 is 4.91. The zero-order valence-electron chi connectivity index (χ0n) is 12.9. The smallest absolute Gasteiger partial charge is 0.251 e. The van der Waals surface area contributed by atoms with Crippen molar-refractivity contribution in [3.63, 3.8) is 0 Å². The number of likely N-dealkylation sites (tertiary alicyclic amines) is 1. The molecule has 0 atom stereocenters. The molecule has 0 spiro atoms. The van der Waals surface area contributed by atoms with Gasteiger partial charge in [0, 0.05) is 37.7 Å². The Kier molecular flexibility index (Phi) is 4.50. The molecule has 2 heterocycles. The lowest BCUT2D eigenvalue weighted by molar-refractivity contribution is -0.132. The van der Waals surface area contributed by atoms with E-state index in [4.69, 9.17) is 15.4 Å². The molecular formula is C17H21N3O3. The number of carbonyl (C=O) groups is 1. The highest BCUT2D eigenvalue weighted by Gasteiger charge is 2.23. The molecule has 23 heavy (non-hydrogen) atoms. The molecule has 6 nitrogen and oxygen atoms in total. The van der Waals surface area contributed by atoms with Gasteiger partial charge < -0.3 is 20.3 Å². The quantitative estimate of drug-likeness (QED) is 0.845. The van der Waals surface area contributed by atoms with Gasteiger partial charge in [0.05, 0.1) is 0 Å². The number of carbonyl (C=O) groups excluding carboxylic acids is 1. The lowest BCUT2D eigenvalue weighted by atomic mass is 9.89. The van der Waals surface area contributed by atoms with Crippen LogP contribution >= 0.6 is 0 Å². The molecule has 6 heteroatoms. The summed E-state index contributed by atoms with van der Waals surface area (Å²) in [6.07, 6.45) is 2.78. The highest BCUT2D eigenvalue weighted by Crippen LogP contribution is 2.28. The first-order chi connectivity index (χ1) is 11.1. The van der Waals surface area contributed by atoms with E-state index in [2.05, 4.69) is 17.3 Å². The molecule has 1 amide bonds. The lowest BCUT2D eigenvalue weighted by Crippen LogP contribution is -2.38. The number of nitrogen functional groups attached to an aromatic ring is 1. The molecule has 1 aromatic carbocycles. The highest BCUT2D eigenvalue weighted by molar-refractivity contribution is 5.76. The average molecular weight is 315 g/mol. The van der Waals surface area contributed by atoms with Gasteiger partial charge in [0.25, 0.3) is 5.88 Å². The van der Waals surface area contributed by atoms with Crippen molar-refractivity contribution in [3.8, 4) is 5.88 Å². The van der Waals surface area contributed by atoms with E-state index in [1.807, 2.05) is 17.0 Å². The third kappa shape index (κ3) is 3.83. The fraction of sp³-hybridized carbons (Fsp3) is 0.412. The highest BCUT2D eigenvalue weighted by atomic mass is 16.5. The third-order valence-electron chi connectivity index (χ3n) is 4.39. The molecule has 122 valence electrons. The van der Waals surface area contributed by atoms with Gasteiger partial charge in [-0.1, -0.05) is 12.1 Å². The van der Waals surface area contributed by atoms with Gasteiger partial charge in [0.1, 0.15) is 5.76 Å². The molecule has 0 radical (unpaired) electrons. The maximum absolute atomic E-state index is 12.3. The SMILES string of the molecule is Nc1ccc(C2CCN(C(=O)CCc3cc(O)no3)CC2)cc1. The van der Waals surface area contributed by atoms with Crippen LogP contribution in [0.4, 0.5) is 5.69 Å². The normalized spacial score (nSPS) is 15.7. The zero-order valence-corrected chi connectivity index (χ0v) is 12.9. The van der Waals surface area contributed by atoms with Crippen LogP contribution in [0, 0.1) is 0 Å². The number of anilines is 1. The molecule has 1 aliphatic heterocycles. The van der Waals surface area contributed by atoms with Crippen molar-refractivity contribution in [1.29, 1.82) is 0 Å². The largest absolute Gasteiger partial charge is 0.491 e. The van der Waals surface area contributed by atoms with Crippen LogP contribution in [-0.2, 0) is 11.2 Å². The summed E-state index contributed by atoms with van der Waals surface area (Å²) in [7, 11) is 0. The van der Waals surface area contributed by atoms with Crippen molar-refractivity contribution in [2.75, 3.05) is 18.8 Å². The van der Waals surface area contributed by atoms with Gasteiger partial charge in [-0.05, 0) is 41.6 Å². The van der Waals surface area contributed by atoms with Crippen molar-refractivity contribution >= 4 is 11.6 Å². The molecule has 3 rings (SSSR count). The molecule has 0 bridgehead atoms. The summed E-state index contributed by atoms with van der Waals surface area (Å²) in [5, 5.41) is 12.5. The van der Waals surface area contributed by atoms with Gasteiger partial charge in [-0.25, -0.2) is 0 Å². The number of aryl methyl sites for hydroxylation is 1. The minimum Gasteiger partial charge on any atom is -0.491 e. The van der Waals surface area contributed by atoms with E-state index >= 15 is 0 Å². The number of rotatable bonds is 4. The Morgan fingerprint density at radius 2 is 2.00 bits per heavy atom. The third-order valence-corrected chi connectivity index (χ3v) is 4.39. The van der Waals surface area contributed by atoms with Crippen LogP contribution in [0.1, 0.15) is 36.5 Å². The standard InChI is InChI=1S/C17H21N3O3/c18-14-3-1-12(2-4-14)13-7-9-20(10-8-13)17(22)6-5-15-11-16(21)19-23-15/h1-4,11,13H,5-10,18H2,(H,19,21). The number of amides is 1. The monoisotopic (exact) mass is 315 g/mol. The van der Waals surface area contributed by atoms with Gasteiger partial charge in [-0.2, -0.15) is 0 Å². The van der Waals surface area contributed by atoms with Crippen molar-refractivity contribution in [1.82, 2.24) is 10.1 Å². The van der Waals surface area contributed by atoms with Crippen LogP contribution < -0.4 is 5.73 Å². The molecule has 1 fully saturated rings. The summed E-state index contributed by atoms with van der Waals surface area (Å²) in [6, 6.07) is 9.46. The van der Waals surface area contributed by atoms with Crippen LogP contribution in [0.5, 0.6) is 5.88 Å². The van der Waals surface area contributed by atoms with Crippen molar-refractivity contribution in [3.05, 3.63) is 41.7 Å². The number of piperidine rings is 1. The van der Waals surface area contributed by atoms with E-state index in [1.165, 1.54) is 11.6 Å². The average Bonchev–Trinajstić information content (AvgIpc) is 2.99. The van der Waals surface area contributed by atoms with E-state index < -0.39 is 0 Å². The first-order valence-electron chi connectivity index (χ1n) is 7.89. The molecular weight excluding hydrogens is 294 g/mol. The minimum atomic E-state index is -0.142. The fourth-order valence-corrected chi connectivity index (χ4v) is 3.04. The summed E-state index contributed by atoms with van der Waals surface area (Å²) >= 11 is 0. The van der Waals surface area contributed by atoms with Crippen LogP contribution in [-0.4, -0.2) is 34.2 Å². The van der Waals surface area contributed by atoms with E-state index in [1.54, 1.807) is 0 Å². The number of aromatic nitrogens is 1. The second-order valence-corrected chi connectivity index (χ2v) is 5.97. The van der Waals surface area contributed by atoms with Gasteiger partial charge in [-0.15, -0.1) is 0 Å². The van der Waals surface area contributed by atoms with Gasteiger partial charge in [0.15, 0.2) is 0 Å². The zero-order chi connectivity index (χ0) is 16.2. The Morgan fingerprint density at radius 3 is 2.61 bits per heavy atom. The topological polar surface area (TPSA) is 92.6 Å². The number of hydrogen-bond acceptors (Lipinski definition) is 5. The van der Waals surface area contributed by atoms with Gasteiger partial charge in [-0.3, -0.25) is 4.79 Å². The minimum absolute atomic E-state index is 0.122. The summed E-state index contributed by atoms with van der Waals surface area (Å²) in [4.78, 5) is 14.2. The van der Waals surface area contributed by atoms with Crippen LogP contribution in [0.3, 0.4) is 0 Å². The Hall–Kier alpha value is -2.50. The van der Waals surface area contributed by atoms with E-state index in [0.717, 1.165) is 31.6 Å². The first kappa shape index (κ1) is 15.4. The second-order valence-electron chi connectivity index (χ2n) is 5.97. The van der Waals surface area contributed by atoms with Gasteiger partial charge in [0.2, 0.25) is 5.91 Å². The Labute approximate surface area is 134 Å². The Morgan fingerprint density at radius 1 is 1.30 bits per heavy atom. The molecule has 1 saturated heterocycles. The Bertz CT molecular complexity index is 658.